The minimum absolute atomic E-state index is 0.0460. The fourth-order valence-electron chi connectivity index (χ4n) is 3.32. The lowest BCUT2D eigenvalue weighted by Crippen LogP contribution is -2.29. The predicted octanol–water partition coefficient (Wildman–Crippen LogP) is 4.38. The lowest BCUT2D eigenvalue weighted by molar-refractivity contribution is 0.527. The van der Waals surface area contributed by atoms with Gasteiger partial charge in [-0.15, -0.1) is 11.3 Å². The maximum atomic E-state index is 13.2. The summed E-state index contributed by atoms with van der Waals surface area (Å²) in [5, 5.41) is 1.92. The SMILES string of the molecule is CC(C)c1ccc([C@@H](NS(=O)(=O)c2ccc3c(c2)oc(=O)n3C)c2cccs2)cc1. The van der Waals surface area contributed by atoms with Crippen molar-refractivity contribution >= 4 is 32.5 Å². The molecule has 0 amide bonds. The highest BCUT2D eigenvalue weighted by molar-refractivity contribution is 7.89. The summed E-state index contributed by atoms with van der Waals surface area (Å²) in [7, 11) is -2.29. The van der Waals surface area contributed by atoms with E-state index in [-0.39, 0.29) is 10.5 Å². The molecule has 1 N–H and O–H groups in total. The third-order valence-corrected chi connectivity index (χ3v) is 7.47. The Bertz CT molecular complexity index is 1330. The number of thiophene rings is 1. The number of rotatable bonds is 6. The van der Waals surface area contributed by atoms with Crippen molar-refractivity contribution in [2.75, 3.05) is 0 Å². The second-order valence-electron chi connectivity index (χ2n) is 7.45. The summed E-state index contributed by atoms with van der Waals surface area (Å²) < 4.78 is 35.7. The van der Waals surface area contributed by atoms with E-state index in [0.29, 0.717) is 11.4 Å². The molecule has 2 heterocycles. The third-order valence-electron chi connectivity index (χ3n) is 5.11. The number of oxazole rings is 1. The van der Waals surface area contributed by atoms with Gasteiger partial charge < -0.3 is 4.42 Å². The maximum Gasteiger partial charge on any atom is 0.419 e. The Balaban J connectivity index is 1.72. The Morgan fingerprint density at radius 3 is 2.37 bits per heavy atom. The molecule has 0 aliphatic heterocycles. The average Bonchev–Trinajstić information content (AvgIpc) is 3.35. The molecule has 0 fully saturated rings. The van der Waals surface area contributed by atoms with Crippen LogP contribution in [0.25, 0.3) is 11.1 Å². The van der Waals surface area contributed by atoms with Crippen LogP contribution in [0.3, 0.4) is 0 Å². The van der Waals surface area contributed by atoms with E-state index in [0.717, 1.165) is 10.4 Å². The average molecular weight is 443 g/mol. The van der Waals surface area contributed by atoms with Crippen LogP contribution >= 0.6 is 11.3 Å². The molecule has 4 aromatic rings. The van der Waals surface area contributed by atoms with E-state index >= 15 is 0 Å². The first-order valence-electron chi connectivity index (χ1n) is 9.51. The molecule has 0 saturated heterocycles. The van der Waals surface area contributed by atoms with E-state index in [1.165, 1.54) is 33.6 Å². The Hall–Kier alpha value is -2.68. The Morgan fingerprint density at radius 2 is 1.73 bits per heavy atom. The summed E-state index contributed by atoms with van der Waals surface area (Å²) >= 11 is 1.49. The van der Waals surface area contributed by atoms with Crippen molar-refractivity contribution in [2.45, 2.75) is 30.7 Å². The second kappa shape index (κ2) is 7.86. The monoisotopic (exact) mass is 442 g/mol. The quantitative estimate of drug-likeness (QED) is 0.480. The summed E-state index contributed by atoms with van der Waals surface area (Å²) in [6, 6.07) is 15.7. The normalized spacial score (nSPS) is 13.2. The molecule has 6 nitrogen and oxygen atoms in total. The van der Waals surface area contributed by atoms with Crippen LogP contribution in [0.2, 0.25) is 0 Å². The molecule has 2 aromatic heterocycles. The molecule has 4 rings (SSSR count). The summed E-state index contributed by atoms with van der Waals surface area (Å²) in [6.45, 7) is 4.24. The summed E-state index contributed by atoms with van der Waals surface area (Å²) in [6.07, 6.45) is 0. The minimum atomic E-state index is -3.87. The van der Waals surface area contributed by atoms with Crippen molar-refractivity contribution in [1.29, 1.82) is 0 Å². The van der Waals surface area contributed by atoms with Crippen molar-refractivity contribution in [3.8, 4) is 0 Å². The fraction of sp³-hybridized carbons (Fsp3) is 0.227. The third kappa shape index (κ3) is 3.86. The number of nitrogens with one attached hydrogen (secondary N) is 1. The van der Waals surface area contributed by atoms with Gasteiger partial charge in [0.1, 0.15) is 0 Å². The lowest BCUT2D eigenvalue weighted by atomic mass is 9.99. The largest absolute Gasteiger partial charge is 0.419 e. The summed E-state index contributed by atoms with van der Waals surface area (Å²) in [4.78, 5) is 12.7. The van der Waals surface area contributed by atoms with Gasteiger partial charge >= 0.3 is 5.76 Å². The zero-order chi connectivity index (χ0) is 21.5. The molecule has 2 aromatic carbocycles. The number of benzene rings is 2. The Kier molecular flexibility index (Phi) is 5.40. The molecule has 30 heavy (non-hydrogen) atoms. The first-order chi connectivity index (χ1) is 14.3. The van der Waals surface area contributed by atoms with E-state index in [4.69, 9.17) is 4.42 Å². The number of hydrogen-bond acceptors (Lipinski definition) is 5. The molecular weight excluding hydrogens is 420 g/mol. The van der Waals surface area contributed by atoms with E-state index in [9.17, 15) is 13.2 Å². The first-order valence-corrected chi connectivity index (χ1v) is 11.9. The van der Waals surface area contributed by atoms with Gasteiger partial charge in [-0.3, -0.25) is 4.57 Å². The number of sulfonamides is 1. The van der Waals surface area contributed by atoms with Crippen LogP contribution in [0.1, 0.15) is 41.8 Å². The molecule has 0 saturated carbocycles. The zero-order valence-corrected chi connectivity index (χ0v) is 18.5. The van der Waals surface area contributed by atoms with Crippen LogP contribution in [0.15, 0.2) is 74.1 Å². The Labute approximate surface area is 178 Å². The van der Waals surface area contributed by atoms with Crippen molar-refractivity contribution in [3.05, 3.63) is 86.5 Å². The summed E-state index contributed by atoms with van der Waals surface area (Å²) in [5.74, 6) is -0.141. The molecule has 8 heteroatoms. The summed E-state index contributed by atoms with van der Waals surface area (Å²) in [5.41, 5.74) is 2.83. The first kappa shape index (κ1) is 20.6. The van der Waals surface area contributed by atoms with E-state index in [1.54, 1.807) is 13.1 Å². The van der Waals surface area contributed by atoms with Gasteiger partial charge in [0.05, 0.1) is 16.5 Å². The Morgan fingerprint density at radius 1 is 1.03 bits per heavy atom. The van der Waals surface area contributed by atoms with E-state index in [2.05, 4.69) is 18.6 Å². The molecule has 0 unspecified atom stereocenters. The molecular formula is C22H22N2O4S2. The van der Waals surface area contributed by atoms with Crippen LogP contribution in [-0.4, -0.2) is 13.0 Å². The molecule has 0 spiro atoms. The van der Waals surface area contributed by atoms with Crippen molar-refractivity contribution in [1.82, 2.24) is 9.29 Å². The maximum absolute atomic E-state index is 13.2. The van der Waals surface area contributed by atoms with E-state index < -0.39 is 21.8 Å². The van der Waals surface area contributed by atoms with Crippen molar-refractivity contribution in [3.63, 3.8) is 0 Å². The van der Waals surface area contributed by atoms with Crippen LogP contribution in [0.4, 0.5) is 0 Å². The van der Waals surface area contributed by atoms with Gasteiger partial charge in [0.2, 0.25) is 10.0 Å². The van der Waals surface area contributed by atoms with Crippen LogP contribution in [0, 0.1) is 0 Å². The minimum Gasteiger partial charge on any atom is -0.408 e. The highest BCUT2D eigenvalue weighted by Gasteiger charge is 2.25. The number of aromatic nitrogens is 1. The topological polar surface area (TPSA) is 81.3 Å². The van der Waals surface area contributed by atoms with Gasteiger partial charge in [0.15, 0.2) is 5.58 Å². The number of hydrogen-bond donors (Lipinski definition) is 1. The van der Waals surface area contributed by atoms with Gasteiger partial charge in [0.25, 0.3) is 0 Å². The number of fused-ring (bicyclic) bond motifs is 1. The van der Waals surface area contributed by atoms with Gasteiger partial charge in [0, 0.05) is 18.0 Å². The smallest absolute Gasteiger partial charge is 0.408 e. The molecule has 0 aliphatic rings. The van der Waals surface area contributed by atoms with Gasteiger partial charge in [-0.1, -0.05) is 44.2 Å². The van der Waals surface area contributed by atoms with Crippen molar-refractivity contribution in [2.24, 2.45) is 7.05 Å². The van der Waals surface area contributed by atoms with Crippen molar-refractivity contribution < 1.29 is 12.8 Å². The van der Waals surface area contributed by atoms with Gasteiger partial charge in [-0.2, -0.15) is 4.72 Å². The molecule has 0 aliphatic carbocycles. The standard InChI is InChI=1S/C22H22N2O4S2/c1-14(2)15-6-8-16(9-7-15)21(20-5-4-12-29-20)23-30(26,27)17-10-11-18-19(13-17)28-22(25)24(18)3/h4-14,21,23H,1-3H3/t21-/m1/s1. The molecule has 156 valence electrons. The lowest BCUT2D eigenvalue weighted by Gasteiger charge is -2.19. The highest BCUT2D eigenvalue weighted by atomic mass is 32.2. The fourth-order valence-corrected chi connectivity index (χ4v) is 5.42. The number of nitrogens with zero attached hydrogens (tertiary/aromatic N) is 1. The molecule has 1 atom stereocenters. The number of aryl methyl sites for hydroxylation is 1. The van der Waals surface area contributed by atoms with Gasteiger partial charge in [-0.25, -0.2) is 13.2 Å². The molecule has 0 bridgehead atoms. The highest BCUT2D eigenvalue weighted by Crippen LogP contribution is 2.29. The van der Waals surface area contributed by atoms with E-state index in [1.807, 2.05) is 41.8 Å². The van der Waals surface area contributed by atoms with Crippen LogP contribution in [-0.2, 0) is 17.1 Å². The van der Waals surface area contributed by atoms with Crippen LogP contribution in [0.5, 0.6) is 0 Å². The second-order valence-corrected chi connectivity index (χ2v) is 10.1. The molecule has 0 radical (unpaired) electrons. The van der Waals surface area contributed by atoms with Gasteiger partial charge in [-0.05, 0) is 40.6 Å². The zero-order valence-electron chi connectivity index (χ0n) is 16.8. The van der Waals surface area contributed by atoms with Crippen LogP contribution < -0.4 is 10.5 Å². The predicted molar refractivity (Wildman–Crippen MR) is 118 cm³/mol.